The number of rotatable bonds is 8. The summed E-state index contributed by atoms with van der Waals surface area (Å²) < 4.78 is 38.3. The Morgan fingerprint density at radius 3 is 2.35 bits per heavy atom. The minimum Gasteiger partial charge on any atom is -0.490 e. The molecule has 0 atom stereocenters. The van der Waals surface area contributed by atoms with E-state index in [0.717, 1.165) is 20.9 Å². The highest BCUT2D eigenvalue weighted by atomic mass is 127. The van der Waals surface area contributed by atoms with Gasteiger partial charge in [0.1, 0.15) is 4.90 Å². The minimum absolute atomic E-state index is 0.0290. The first-order valence-corrected chi connectivity index (χ1v) is 15.5. The summed E-state index contributed by atoms with van der Waals surface area (Å²) in [5, 5.41) is 0.0411. The highest BCUT2D eigenvalue weighted by molar-refractivity contribution is 14.1. The zero-order valence-electron chi connectivity index (χ0n) is 19.1. The first-order valence-electron chi connectivity index (χ1n) is 10.7. The summed E-state index contributed by atoms with van der Waals surface area (Å²) in [7, 11) is -4.15. The van der Waals surface area contributed by atoms with Gasteiger partial charge in [0.05, 0.1) is 21.6 Å². The summed E-state index contributed by atoms with van der Waals surface area (Å²) in [6, 6.07) is 16.4. The van der Waals surface area contributed by atoms with Gasteiger partial charge in [0, 0.05) is 8.59 Å². The van der Waals surface area contributed by atoms with E-state index in [9.17, 15) is 18.0 Å². The van der Waals surface area contributed by atoms with Gasteiger partial charge in [-0.15, -0.1) is 0 Å². The molecule has 7 nitrogen and oxygen atoms in total. The fraction of sp³-hybridized carbons (Fsp3) is 0.120. The van der Waals surface area contributed by atoms with E-state index >= 15 is 0 Å². The average molecular weight is 782 g/mol. The predicted molar refractivity (Wildman–Crippen MR) is 160 cm³/mol. The summed E-state index contributed by atoms with van der Waals surface area (Å²) in [5.41, 5.74) is 1.41. The summed E-state index contributed by atoms with van der Waals surface area (Å²) in [6.07, 6.45) is 1.58. The Balaban J connectivity index is 1.61. The lowest BCUT2D eigenvalue weighted by molar-refractivity contribution is -0.123. The number of imide groups is 1. The molecule has 0 bridgehead atoms. The molecule has 192 valence electrons. The fourth-order valence-corrected chi connectivity index (χ4v) is 6.50. The van der Waals surface area contributed by atoms with Crippen molar-refractivity contribution in [2.24, 2.45) is 0 Å². The number of halogens is 3. The fourth-order valence-electron chi connectivity index (χ4n) is 3.33. The Morgan fingerprint density at radius 2 is 1.70 bits per heavy atom. The number of thioether (sulfide) groups is 1. The van der Waals surface area contributed by atoms with Crippen molar-refractivity contribution >= 4 is 95.9 Å². The number of ether oxygens (including phenoxy) is 1. The second-order valence-corrected chi connectivity index (χ2v) is 13.0. The van der Waals surface area contributed by atoms with E-state index in [1.54, 1.807) is 25.1 Å². The molecule has 0 radical (unpaired) electrons. The number of amides is 2. The van der Waals surface area contributed by atoms with Gasteiger partial charge >= 0.3 is 10.1 Å². The molecule has 2 amide bonds. The third kappa shape index (κ3) is 6.80. The van der Waals surface area contributed by atoms with Crippen molar-refractivity contribution in [1.29, 1.82) is 0 Å². The largest absolute Gasteiger partial charge is 0.490 e. The quantitative estimate of drug-likeness (QED) is 0.139. The van der Waals surface area contributed by atoms with Crippen LogP contribution in [0, 0.1) is 7.14 Å². The van der Waals surface area contributed by atoms with Crippen molar-refractivity contribution in [3.63, 3.8) is 0 Å². The zero-order valence-corrected chi connectivity index (χ0v) is 25.8. The lowest BCUT2D eigenvalue weighted by atomic mass is 10.1. The van der Waals surface area contributed by atoms with Crippen LogP contribution in [0.4, 0.5) is 4.79 Å². The zero-order chi connectivity index (χ0) is 26.7. The summed E-state index contributed by atoms with van der Waals surface area (Å²) in [6.45, 7) is 2.19. The maximum Gasteiger partial charge on any atom is 0.339 e. The van der Waals surface area contributed by atoms with Crippen LogP contribution in [0.15, 0.2) is 70.5 Å². The molecule has 4 rings (SSSR count). The van der Waals surface area contributed by atoms with E-state index in [0.29, 0.717) is 14.2 Å². The van der Waals surface area contributed by atoms with Crippen LogP contribution in [0.25, 0.3) is 6.08 Å². The lowest BCUT2D eigenvalue weighted by Crippen LogP contribution is -2.27. The molecular weight excluding hydrogens is 764 g/mol. The van der Waals surface area contributed by atoms with Crippen molar-refractivity contribution < 1.29 is 26.9 Å². The van der Waals surface area contributed by atoms with Crippen molar-refractivity contribution in [3.05, 3.63) is 88.9 Å². The molecule has 1 heterocycles. The highest BCUT2D eigenvalue weighted by Crippen LogP contribution is 2.39. The normalized spacial score (nSPS) is 14.9. The van der Waals surface area contributed by atoms with E-state index in [1.165, 1.54) is 29.2 Å². The monoisotopic (exact) mass is 781 g/mol. The summed E-state index contributed by atoms with van der Waals surface area (Å²) in [5.74, 6) is -0.176. The van der Waals surface area contributed by atoms with Crippen molar-refractivity contribution in [2.75, 3.05) is 6.61 Å². The van der Waals surface area contributed by atoms with Crippen LogP contribution in [-0.2, 0) is 21.5 Å². The van der Waals surface area contributed by atoms with E-state index in [-0.39, 0.29) is 39.7 Å². The van der Waals surface area contributed by atoms with Gasteiger partial charge in [0.2, 0.25) is 0 Å². The van der Waals surface area contributed by atoms with Crippen LogP contribution in [0.3, 0.4) is 0 Å². The lowest BCUT2D eigenvalue weighted by Gasteiger charge is -2.15. The van der Waals surface area contributed by atoms with E-state index in [2.05, 4.69) is 22.6 Å². The van der Waals surface area contributed by atoms with E-state index in [4.69, 9.17) is 20.5 Å². The van der Waals surface area contributed by atoms with Gasteiger partial charge in [0.15, 0.2) is 11.5 Å². The number of benzene rings is 3. The molecule has 3 aromatic carbocycles. The van der Waals surface area contributed by atoms with Gasteiger partial charge in [-0.2, -0.15) is 8.42 Å². The van der Waals surface area contributed by atoms with Crippen molar-refractivity contribution in [2.45, 2.75) is 18.4 Å². The Bertz CT molecular complexity index is 1490. The number of carbonyl (C=O) groups is 2. The minimum atomic E-state index is -4.15. The average Bonchev–Trinajstić information content (AvgIpc) is 3.10. The van der Waals surface area contributed by atoms with Gasteiger partial charge in [-0.25, -0.2) is 0 Å². The molecule has 0 N–H and O–H groups in total. The third-order valence-corrected chi connectivity index (χ3v) is 8.97. The van der Waals surface area contributed by atoms with Gasteiger partial charge in [0.25, 0.3) is 11.1 Å². The van der Waals surface area contributed by atoms with Gasteiger partial charge in [-0.3, -0.25) is 14.5 Å². The molecule has 0 saturated carbocycles. The molecule has 0 aromatic heterocycles. The molecule has 1 aliphatic heterocycles. The molecule has 3 aromatic rings. The first-order chi connectivity index (χ1) is 17.6. The van der Waals surface area contributed by atoms with Crippen LogP contribution in [0.1, 0.15) is 18.1 Å². The number of hydrogen-bond acceptors (Lipinski definition) is 7. The molecule has 0 unspecified atom stereocenters. The van der Waals surface area contributed by atoms with Crippen LogP contribution < -0.4 is 8.92 Å². The topological polar surface area (TPSA) is 90.0 Å². The molecule has 0 spiro atoms. The van der Waals surface area contributed by atoms with E-state index < -0.39 is 16.0 Å². The van der Waals surface area contributed by atoms with Crippen molar-refractivity contribution in [1.82, 2.24) is 4.90 Å². The standard InChI is InChI=1S/C25H18ClI2NO6S2/c1-2-34-21-12-16(11-20(28)23(21)35-37(32,33)19-9-5-17(26)6-10-19)13-22-24(30)29(25(31)36-22)14-15-3-7-18(27)8-4-15/h3-13H,2,14H2,1H3/b22-13-. The Hall–Kier alpha value is -1.81. The summed E-state index contributed by atoms with van der Waals surface area (Å²) in [4.78, 5) is 27.0. The highest BCUT2D eigenvalue weighted by Gasteiger charge is 2.35. The van der Waals surface area contributed by atoms with Crippen LogP contribution in [0.2, 0.25) is 5.02 Å². The Labute approximate surface area is 250 Å². The second-order valence-electron chi connectivity index (χ2n) is 7.65. The SMILES string of the molecule is CCOc1cc(/C=C2\SC(=O)N(Cc3ccc(I)cc3)C2=O)cc(I)c1OS(=O)(=O)c1ccc(Cl)cc1. The molecule has 37 heavy (non-hydrogen) atoms. The van der Waals surface area contributed by atoms with Gasteiger partial charge < -0.3 is 8.92 Å². The molecule has 1 saturated heterocycles. The number of carbonyl (C=O) groups excluding carboxylic acids is 2. The molecule has 1 fully saturated rings. The molecule has 0 aliphatic carbocycles. The van der Waals surface area contributed by atoms with Crippen LogP contribution in [0.5, 0.6) is 11.5 Å². The van der Waals surface area contributed by atoms with Crippen LogP contribution in [-0.4, -0.2) is 31.1 Å². The third-order valence-electron chi connectivity index (χ3n) is 5.05. The molecular formula is C25H18ClI2NO6S2. The maximum atomic E-state index is 13.0. The van der Waals surface area contributed by atoms with Crippen LogP contribution >= 0.6 is 68.5 Å². The summed E-state index contributed by atoms with van der Waals surface area (Å²) >= 11 is 10.9. The second kappa shape index (κ2) is 11.9. The predicted octanol–water partition coefficient (Wildman–Crippen LogP) is 6.95. The number of nitrogens with zero attached hydrogens (tertiary/aromatic N) is 1. The molecule has 1 aliphatic rings. The van der Waals surface area contributed by atoms with Crippen molar-refractivity contribution in [3.8, 4) is 11.5 Å². The molecule has 12 heteroatoms. The van der Waals surface area contributed by atoms with E-state index in [1.807, 2.05) is 46.9 Å². The first kappa shape index (κ1) is 28.2. The Morgan fingerprint density at radius 1 is 1.03 bits per heavy atom. The smallest absolute Gasteiger partial charge is 0.339 e. The maximum absolute atomic E-state index is 13.0. The van der Waals surface area contributed by atoms with Gasteiger partial charge in [-0.1, -0.05) is 23.7 Å². The number of hydrogen-bond donors (Lipinski definition) is 0. The van der Waals surface area contributed by atoms with Gasteiger partial charge in [-0.05, 0) is 130 Å². The Kier molecular flexibility index (Phi) is 9.09.